The highest BCUT2D eigenvalue weighted by atomic mass is 32.2. The fraction of sp³-hybridized carbons (Fsp3) is 0.240. The average Bonchev–Trinajstić information content (AvgIpc) is 2.70. The van der Waals surface area contributed by atoms with Crippen LogP contribution < -0.4 is 9.62 Å². The van der Waals surface area contributed by atoms with E-state index in [4.69, 9.17) is 0 Å². The van der Waals surface area contributed by atoms with E-state index in [0.29, 0.717) is 16.9 Å². The predicted octanol–water partition coefficient (Wildman–Crippen LogP) is 5.14. The van der Waals surface area contributed by atoms with Gasteiger partial charge in [-0.05, 0) is 85.8 Å². The number of nitrogens with zero attached hydrogens (tertiary/aromatic N) is 1. The Balaban J connectivity index is 1.79. The van der Waals surface area contributed by atoms with Gasteiger partial charge in [-0.2, -0.15) is 0 Å². The SMILES string of the molecule is Cc1ccc(N(Cc2ccc(NC(=O)c3cccc(C)c3C)cc2)S(C)(=O)=O)cc1C. The molecule has 3 aromatic rings. The molecule has 5 nitrogen and oxygen atoms in total. The molecule has 0 atom stereocenters. The number of benzene rings is 3. The smallest absolute Gasteiger partial charge is 0.255 e. The molecule has 0 aliphatic carbocycles. The number of aryl methyl sites for hydroxylation is 3. The van der Waals surface area contributed by atoms with Gasteiger partial charge in [-0.25, -0.2) is 8.42 Å². The van der Waals surface area contributed by atoms with E-state index in [9.17, 15) is 13.2 Å². The molecule has 0 bridgehead atoms. The zero-order chi connectivity index (χ0) is 22.8. The molecule has 162 valence electrons. The van der Waals surface area contributed by atoms with Crippen molar-refractivity contribution in [3.8, 4) is 0 Å². The maximum atomic E-state index is 12.6. The first-order valence-electron chi connectivity index (χ1n) is 10.1. The van der Waals surface area contributed by atoms with Crippen LogP contribution >= 0.6 is 0 Å². The lowest BCUT2D eigenvalue weighted by atomic mass is 10.0. The summed E-state index contributed by atoms with van der Waals surface area (Å²) in [6.07, 6.45) is 1.21. The van der Waals surface area contributed by atoms with Crippen molar-refractivity contribution in [3.05, 3.63) is 94.0 Å². The number of amides is 1. The van der Waals surface area contributed by atoms with Crippen molar-refractivity contribution in [2.75, 3.05) is 15.9 Å². The maximum Gasteiger partial charge on any atom is 0.255 e. The molecule has 0 fully saturated rings. The van der Waals surface area contributed by atoms with Crippen molar-refractivity contribution in [2.24, 2.45) is 0 Å². The Labute approximate surface area is 184 Å². The molecule has 0 unspecified atom stereocenters. The van der Waals surface area contributed by atoms with Gasteiger partial charge in [0, 0.05) is 11.3 Å². The molecule has 0 heterocycles. The van der Waals surface area contributed by atoms with Crippen LogP contribution in [0.3, 0.4) is 0 Å². The van der Waals surface area contributed by atoms with Crippen LogP contribution in [0.25, 0.3) is 0 Å². The van der Waals surface area contributed by atoms with Crippen molar-refractivity contribution in [1.29, 1.82) is 0 Å². The summed E-state index contributed by atoms with van der Waals surface area (Å²) in [5.74, 6) is -0.165. The van der Waals surface area contributed by atoms with Gasteiger partial charge in [-0.1, -0.05) is 30.3 Å². The molecule has 0 saturated carbocycles. The Hall–Kier alpha value is -3.12. The fourth-order valence-electron chi connectivity index (χ4n) is 3.34. The van der Waals surface area contributed by atoms with Crippen LogP contribution in [0.5, 0.6) is 0 Å². The van der Waals surface area contributed by atoms with Crippen LogP contribution in [0.15, 0.2) is 60.7 Å². The first kappa shape index (κ1) is 22.6. The predicted molar refractivity (Wildman–Crippen MR) is 127 cm³/mol. The zero-order valence-electron chi connectivity index (χ0n) is 18.6. The number of hydrogen-bond donors (Lipinski definition) is 1. The lowest BCUT2D eigenvalue weighted by Gasteiger charge is -2.23. The molecule has 31 heavy (non-hydrogen) atoms. The van der Waals surface area contributed by atoms with Crippen LogP contribution in [0.4, 0.5) is 11.4 Å². The van der Waals surface area contributed by atoms with Gasteiger partial charge in [0.25, 0.3) is 5.91 Å². The topological polar surface area (TPSA) is 66.5 Å². The largest absolute Gasteiger partial charge is 0.322 e. The molecule has 1 N–H and O–H groups in total. The number of rotatable bonds is 6. The Morgan fingerprint density at radius 3 is 2.16 bits per heavy atom. The molecule has 3 rings (SSSR count). The van der Waals surface area contributed by atoms with Gasteiger partial charge in [0.1, 0.15) is 0 Å². The van der Waals surface area contributed by atoms with E-state index in [0.717, 1.165) is 27.8 Å². The van der Waals surface area contributed by atoms with Gasteiger partial charge >= 0.3 is 0 Å². The summed E-state index contributed by atoms with van der Waals surface area (Å²) in [5.41, 5.74) is 6.93. The molecular weight excluding hydrogens is 408 g/mol. The minimum Gasteiger partial charge on any atom is -0.322 e. The number of sulfonamides is 1. The van der Waals surface area contributed by atoms with Crippen molar-refractivity contribution >= 4 is 27.3 Å². The van der Waals surface area contributed by atoms with E-state index in [2.05, 4.69) is 5.32 Å². The van der Waals surface area contributed by atoms with Gasteiger partial charge in [0.05, 0.1) is 18.5 Å². The van der Waals surface area contributed by atoms with Crippen molar-refractivity contribution in [3.63, 3.8) is 0 Å². The summed E-state index contributed by atoms with van der Waals surface area (Å²) in [5, 5.41) is 2.91. The minimum atomic E-state index is -3.46. The molecule has 0 aromatic heterocycles. The Bertz CT molecular complexity index is 1220. The third-order valence-corrected chi connectivity index (χ3v) is 6.71. The van der Waals surface area contributed by atoms with Crippen LogP contribution in [0, 0.1) is 27.7 Å². The number of nitrogens with one attached hydrogen (secondary N) is 1. The lowest BCUT2D eigenvalue weighted by molar-refractivity contribution is 0.102. The summed E-state index contributed by atoms with van der Waals surface area (Å²) < 4.78 is 26.3. The zero-order valence-corrected chi connectivity index (χ0v) is 19.4. The number of carbonyl (C=O) groups excluding carboxylic acids is 1. The summed E-state index contributed by atoms with van der Waals surface area (Å²) in [4.78, 5) is 12.6. The molecule has 0 radical (unpaired) electrons. The highest BCUT2D eigenvalue weighted by molar-refractivity contribution is 7.92. The first-order chi connectivity index (χ1) is 14.6. The third kappa shape index (κ3) is 5.33. The maximum absolute atomic E-state index is 12.6. The fourth-order valence-corrected chi connectivity index (χ4v) is 4.22. The molecule has 1 amide bonds. The standard InChI is InChI=1S/C25H28N2O3S/c1-17-9-14-23(15-19(17)3)27(31(5,29)30)16-21-10-12-22(13-11-21)26-25(28)24-8-6-7-18(2)20(24)4/h6-15H,16H2,1-5H3,(H,26,28). The van der Waals surface area contributed by atoms with Gasteiger partial charge in [0.15, 0.2) is 0 Å². The monoisotopic (exact) mass is 436 g/mol. The van der Waals surface area contributed by atoms with E-state index < -0.39 is 10.0 Å². The normalized spacial score (nSPS) is 11.3. The molecule has 0 spiro atoms. The average molecular weight is 437 g/mol. The van der Waals surface area contributed by atoms with E-state index in [1.54, 1.807) is 18.2 Å². The molecule has 0 aliphatic heterocycles. The first-order valence-corrected chi connectivity index (χ1v) is 11.9. The van der Waals surface area contributed by atoms with Gasteiger partial charge in [-0.15, -0.1) is 0 Å². The molecule has 3 aromatic carbocycles. The highest BCUT2D eigenvalue weighted by Gasteiger charge is 2.18. The van der Waals surface area contributed by atoms with E-state index >= 15 is 0 Å². The second-order valence-corrected chi connectivity index (χ2v) is 9.84. The summed E-state index contributed by atoms with van der Waals surface area (Å²) in [7, 11) is -3.46. The van der Waals surface area contributed by atoms with Crippen molar-refractivity contribution in [2.45, 2.75) is 34.2 Å². The Morgan fingerprint density at radius 1 is 0.871 bits per heavy atom. The Morgan fingerprint density at radius 2 is 1.55 bits per heavy atom. The summed E-state index contributed by atoms with van der Waals surface area (Å²) in [6, 6.07) is 18.5. The van der Waals surface area contributed by atoms with Crippen LogP contribution in [0.2, 0.25) is 0 Å². The summed E-state index contributed by atoms with van der Waals surface area (Å²) >= 11 is 0. The van der Waals surface area contributed by atoms with Crippen LogP contribution in [-0.2, 0) is 16.6 Å². The Kier molecular flexibility index (Phi) is 6.51. The van der Waals surface area contributed by atoms with Crippen molar-refractivity contribution in [1.82, 2.24) is 0 Å². The number of anilines is 2. The molecular formula is C25H28N2O3S. The second kappa shape index (κ2) is 8.94. The summed E-state index contributed by atoms with van der Waals surface area (Å²) in [6.45, 7) is 8.08. The van der Waals surface area contributed by atoms with E-state index in [1.165, 1.54) is 10.6 Å². The number of hydrogen-bond acceptors (Lipinski definition) is 3. The second-order valence-electron chi connectivity index (χ2n) is 7.94. The molecule has 0 aliphatic rings. The van der Waals surface area contributed by atoms with Gasteiger partial charge in [0.2, 0.25) is 10.0 Å². The third-order valence-electron chi connectivity index (χ3n) is 5.57. The van der Waals surface area contributed by atoms with Crippen molar-refractivity contribution < 1.29 is 13.2 Å². The van der Waals surface area contributed by atoms with E-state index in [-0.39, 0.29) is 12.5 Å². The highest BCUT2D eigenvalue weighted by Crippen LogP contribution is 2.24. The molecule has 6 heteroatoms. The van der Waals surface area contributed by atoms with E-state index in [1.807, 2.05) is 70.2 Å². The lowest BCUT2D eigenvalue weighted by Crippen LogP contribution is -2.29. The molecule has 0 saturated heterocycles. The van der Waals surface area contributed by atoms with Crippen LogP contribution in [0.1, 0.15) is 38.2 Å². The minimum absolute atomic E-state index is 0.165. The van der Waals surface area contributed by atoms with Crippen LogP contribution in [-0.4, -0.2) is 20.6 Å². The number of carbonyl (C=O) groups is 1. The van der Waals surface area contributed by atoms with Gasteiger partial charge in [-0.3, -0.25) is 9.10 Å². The van der Waals surface area contributed by atoms with Gasteiger partial charge < -0.3 is 5.32 Å². The quantitative estimate of drug-likeness (QED) is 0.582.